The van der Waals surface area contributed by atoms with Crippen LogP contribution in [0.2, 0.25) is 0 Å². The van der Waals surface area contributed by atoms with Crippen LogP contribution in [0, 0.1) is 23.7 Å². The average Bonchev–Trinajstić information content (AvgIpc) is 3.71. The summed E-state index contributed by atoms with van der Waals surface area (Å²) in [6, 6.07) is 5.74. The molecule has 1 aromatic heterocycles. The number of carbonyl (C=O) groups excluding carboxylic acids is 3. The number of esters is 1. The van der Waals surface area contributed by atoms with Crippen LogP contribution < -0.4 is 11.1 Å². The Kier molecular flexibility index (Phi) is 11.1. The van der Waals surface area contributed by atoms with Crippen molar-refractivity contribution in [1.29, 1.82) is 0 Å². The van der Waals surface area contributed by atoms with Gasteiger partial charge in [0, 0.05) is 43.8 Å². The number of furan rings is 1. The van der Waals surface area contributed by atoms with E-state index in [-0.39, 0.29) is 54.1 Å². The van der Waals surface area contributed by atoms with E-state index in [9.17, 15) is 18.8 Å². The number of rotatable bonds is 11. The summed E-state index contributed by atoms with van der Waals surface area (Å²) in [5.74, 6) is -0.416. The van der Waals surface area contributed by atoms with Gasteiger partial charge in [-0.1, -0.05) is 0 Å². The second-order valence-electron chi connectivity index (χ2n) is 13.1. The van der Waals surface area contributed by atoms with Crippen LogP contribution in [0.1, 0.15) is 75.3 Å². The van der Waals surface area contributed by atoms with Gasteiger partial charge in [-0.15, -0.1) is 0 Å². The van der Waals surface area contributed by atoms with Crippen molar-refractivity contribution in [3.8, 4) is 0 Å². The fraction of sp³-hybridized carbons (Fsp3) is 0.676. The number of carbonyl (C=O) groups is 3. The Labute approximate surface area is 264 Å². The first-order valence-electron chi connectivity index (χ1n) is 16.4. The second kappa shape index (κ2) is 15.0. The molecule has 2 aliphatic carbocycles. The molecule has 2 saturated carbocycles. The molecule has 0 spiro atoms. The van der Waals surface area contributed by atoms with Gasteiger partial charge in [0.25, 0.3) is 0 Å². The molecule has 2 heterocycles. The van der Waals surface area contributed by atoms with E-state index in [1.165, 1.54) is 0 Å². The Morgan fingerprint density at radius 2 is 1.78 bits per heavy atom. The number of nitrogens with one attached hydrogen (secondary N) is 1. The first-order valence-corrected chi connectivity index (χ1v) is 16.4. The van der Waals surface area contributed by atoms with Crippen LogP contribution in [-0.4, -0.2) is 81.0 Å². The van der Waals surface area contributed by atoms with Crippen molar-refractivity contribution >= 4 is 34.4 Å². The predicted molar refractivity (Wildman–Crippen MR) is 167 cm³/mol. The average molecular weight is 630 g/mol. The monoisotopic (exact) mass is 629 g/mol. The van der Waals surface area contributed by atoms with Gasteiger partial charge in [-0.05, 0) is 107 Å². The molecule has 4 atom stereocenters. The Morgan fingerprint density at radius 3 is 2.44 bits per heavy atom. The minimum atomic E-state index is -0.590. The Hall–Kier alpha value is -3.02. The van der Waals surface area contributed by atoms with Crippen molar-refractivity contribution in [3.63, 3.8) is 0 Å². The van der Waals surface area contributed by atoms with Gasteiger partial charge >= 0.3 is 5.97 Å². The van der Waals surface area contributed by atoms with Gasteiger partial charge in [-0.2, -0.15) is 0 Å². The van der Waals surface area contributed by atoms with Gasteiger partial charge in [0.2, 0.25) is 17.6 Å². The maximum Gasteiger partial charge on any atom is 0.374 e. The SMILES string of the molecule is COC1CCC([C@H]2CCN(C(=O)[C@H]3CC[C@H]([C@H](N)CF)CC3)[C@H]2C(=O)Nc2ccc3oc(C(=O)OC[C@@H](C)OC)cc3c2)CC1. The molecular weight excluding hydrogens is 581 g/mol. The van der Waals surface area contributed by atoms with Crippen molar-refractivity contribution in [2.45, 2.75) is 89.0 Å². The molecule has 3 aliphatic rings. The van der Waals surface area contributed by atoms with E-state index in [0.717, 1.165) is 44.9 Å². The third-order valence-electron chi connectivity index (χ3n) is 10.4. The summed E-state index contributed by atoms with van der Waals surface area (Å²) in [5.41, 5.74) is 7.01. The van der Waals surface area contributed by atoms with Gasteiger partial charge in [-0.3, -0.25) is 9.59 Å². The summed E-state index contributed by atoms with van der Waals surface area (Å²) in [6.45, 7) is 1.90. The highest BCUT2D eigenvalue weighted by atomic mass is 19.1. The fourth-order valence-electron chi connectivity index (χ4n) is 7.57. The van der Waals surface area contributed by atoms with Crippen LogP contribution in [-0.2, 0) is 23.8 Å². The van der Waals surface area contributed by atoms with Crippen molar-refractivity contribution in [1.82, 2.24) is 4.90 Å². The predicted octanol–water partition coefficient (Wildman–Crippen LogP) is 5.09. The number of halogens is 1. The van der Waals surface area contributed by atoms with E-state index in [2.05, 4.69) is 5.32 Å². The number of likely N-dealkylation sites (tertiary alicyclic amines) is 1. The minimum absolute atomic E-state index is 0.0201. The van der Waals surface area contributed by atoms with Crippen molar-refractivity contribution in [3.05, 3.63) is 30.0 Å². The molecular formula is C34H48FN3O7. The topological polar surface area (TPSA) is 133 Å². The number of nitrogens with two attached hydrogens (primary N) is 1. The maximum absolute atomic E-state index is 14.1. The molecule has 0 bridgehead atoms. The van der Waals surface area contributed by atoms with E-state index in [1.807, 2.05) is 4.90 Å². The number of ether oxygens (including phenoxy) is 3. The Balaban J connectivity index is 1.31. The molecule has 0 radical (unpaired) electrons. The normalized spacial score (nSPS) is 28.5. The van der Waals surface area contributed by atoms with Crippen LogP contribution in [0.5, 0.6) is 0 Å². The molecule has 45 heavy (non-hydrogen) atoms. The summed E-state index contributed by atoms with van der Waals surface area (Å²) in [4.78, 5) is 42.3. The summed E-state index contributed by atoms with van der Waals surface area (Å²) in [7, 11) is 3.29. The molecule has 2 aromatic rings. The number of amides is 2. The van der Waals surface area contributed by atoms with E-state index < -0.39 is 24.7 Å². The summed E-state index contributed by atoms with van der Waals surface area (Å²) in [6.07, 6.45) is 7.38. The highest BCUT2D eigenvalue weighted by Crippen LogP contribution is 2.42. The van der Waals surface area contributed by atoms with Crippen molar-refractivity contribution in [2.24, 2.45) is 29.4 Å². The quantitative estimate of drug-likeness (QED) is 0.329. The number of hydrogen-bond donors (Lipinski definition) is 2. The smallest absolute Gasteiger partial charge is 0.374 e. The highest BCUT2D eigenvalue weighted by molar-refractivity contribution is 6.00. The number of anilines is 1. The van der Waals surface area contributed by atoms with Gasteiger partial charge in [-0.25, -0.2) is 9.18 Å². The Bertz CT molecular complexity index is 1320. The summed E-state index contributed by atoms with van der Waals surface area (Å²) >= 11 is 0. The third-order valence-corrected chi connectivity index (χ3v) is 10.4. The fourth-order valence-corrected chi connectivity index (χ4v) is 7.57. The van der Waals surface area contributed by atoms with E-state index in [4.69, 9.17) is 24.4 Å². The van der Waals surface area contributed by atoms with Gasteiger partial charge in [0.1, 0.15) is 24.9 Å². The molecule has 1 saturated heterocycles. The van der Waals surface area contributed by atoms with Crippen LogP contribution in [0.25, 0.3) is 11.0 Å². The van der Waals surface area contributed by atoms with Gasteiger partial charge in [0.05, 0.1) is 12.2 Å². The number of methoxy groups -OCH3 is 2. The molecule has 3 fully saturated rings. The lowest BCUT2D eigenvalue weighted by molar-refractivity contribution is -0.142. The van der Waals surface area contributed by atoms with Crippen LogP contribution in [0.4, 0.5) is 10.1 Å². The van der Waals surface area contributed by atoms with Crippen LogP contribution >= 0.6 is 0 Å². The lowest BCUT2D eigenvalue weighted by Crippen LogP contribution is -2.50. The van der Waals surface area contributed by atoms with Crippen molar-refractivity contribution < 1.29 is 37.4 Å². The first-order chi connectivity index (χ1) is 21.7. The number of benzene rings is 1. The molecule has 1 aliphatic heterocycles. The molecule has 5 rings (SSSR count). The van der Waals surface area contributed by atoms with Crippen molar-refractivity contribution in [2.75, 3.05) is 39.4 Å². The van der Waals surface area contributed by atoms with E-state index >= 15 is 0 Å². The number of alkyl halides is 1. The summed E-state index contributed by atoms with van der Waals surface area (Å²) < 4.78 is 34.8. The first kappa shape index (κ1) is 33.3. The molecule has 10 nitrogen and oxygen atoms in total. The number of hydrogen-bond acceptors (Lipinski definition) is 8. The minimum Gasteiger partial charge on any atom is -0.457 e. The number of fused-ring (bicyclic) bond motifs is 1. The molecule has 248 valence electrons. The van der Waals surface area contributed by atoms with E-state index in [1.54, 1.807) is 45.4 Å². The lowest BCUT2D eigenvalue weighted by atomic mass is 9.75. The Morgan fingerprint density at radius 1 is 1.04 bits per heavy atom. The molecule has 11 heteroatoms. The molecule has 1 aromatic carbocycles. The lowest BCUT2D eigenvalue weighted by Gasteiger charge is -2.37. The van der Waals surface area contributed by atoms with Gasteiger partial charge < -0.3 is 34.6 Å². The molecule has 2 amide bonds. The zero-order chi connectivity index (χ0) is 32.1. The zero-order valence-electron chi connectivity index (χ0n) is 26.7. The summed E-state index contributed by atoms with van der Waals surface area (Å²) in [5, 5.41) is 3.73. The molecule has 0 unspecified atom stereocenters. The maximum atomic E-state index is 14.1. The largest absolute Gasteiger partial charge is 0.457 e. The number of nitrogens with zero attached hydrogens (tertiary/aromatic N) is 1. The second-order valence-corrected chi connectivity index (χ2v) is 13.1. The highest BCUT2D eigenvalue weighted by Gasteiger charge is 2.47. The van der Waals surface area contributed by atoms with Crippen LogP contribution in [0.15, 0.2) is 28.7 Å². The van der Waals surface area contributed by atoms with Crippen LogP contribution in [0.3, 0.4) is 0 Å². The standard InChI is InChI=1S/C34H48FN3O7/c1-20(42-2)19-44-34(41)30-17-24-16-25(10-13-29(24)45-30)37-32(39)31-27(21-8-11-26(43-3)12-9-21)14-15-38(31)33(40)23-6-4-22(5-7-23)28(36)18-35/h10,13,16-17,20-23,26-28,31H,4-9,11-12,14-15,18-19,36H2,1-3H3,(H,37,39)/t20-,21?,22-,23-,26?,27-,28-,31-/m1/s1. The zero-order valence-corrected chi connectivity index (χ0v) is 26.7. The van der Waals surface area contributed by atoms with E-state index in [0.29, 0.717) is 42.0 Å². The van der Waals surface area contributed by atoms with Gasteiger partial charge in [0.15, 0.2) is 0 Å². The molecule has 3 N–H and O–H groups in total. The third kappa shape index (κ3) is 7.69.